The molecule has 0 nitrogen and oxygen atoms in total. The van der Waals surface area contributed by atoms with Gasteiger partial charge in [-0.05, 0) is 55.8 Å². The van der Waals surface area contributed by atoms with E-state index in [1.54, 1.807) is 0 Å². The summed E-state index contributed by atoms with van der Waals surface area (Å²) >= 11 is 3.77. The highest BCUT2D eigenvalue weighted by Crippen LogP contribution is 2.37. The van der Waals surface area contributed by atoms with E-state index in [1.165, 1.54) is 31.3 Å². The normalized spacial score (nSPS) is 10.9. The van der Waals surface area contributed by atoms with Gasteiger partial charge in [0.05, 0.1) is 0 Å². The van der Waals surface area contributed by atoms with Crippen molar-refractivity contribution in [1.82, 2.24) is 0 Å². The molecule has 0 amide bonds. The first-order valence-electron chi connectivity index (χ1n) is 4.71. The molecule has 0 atom stereocenters. The minimum absolute atomic E-state index is 1.41. The van der Waals surface area contributed by atoms with Crippen molar-refractivity contribution in [3.8, 4) is 9.75 Å². The zero-order chi connectivity index (χ0) is 10.3. The van der Waals surface area contributed by atoms with Crippen molar-refractivity contribution in [2.75, 3.05) is 0 Å². The highest BCUT2D eigenvalue weighted by Gasteiger charge is 2.09. The van der Waals surface area contributed by atoms with Gasteiger partial charge >= 0.3 is 0 Å². The van der Waals surface area contributed by atoms with E-state index >= 15 is 0 Å². The number of rotatable bonds is 1. The van der Waals surface area contributed by atoms with Crippen molar-refractivity contribution in [1.29, 1.82) is 0 Å². The Balaban J connectivity index is 2.54. The Morgan fingerprint density at radius 2 is 1.71 bits per heavy atom. The maximum absolute atomic E-state index is 2.30. The molecule has 0 fully saturated rings. The van der Waals surface area contributed by atoms with E-state index in [9.17, 15) is 0 Å². The third-order valence-electron chi connectivity index (χ3n) is 2.68. The lowest BCUT2D eigenvalue weighted by Crippen LogP contribution is -1.73. The molecule has 0 aliphatic carbocycles. The van der Waals surface area contributed by atoms with Crippen LogP contribution < -0.4 is 0 Å². The average molecular weight is 222 g/mol. The van der Waals surface area contributed by atoms with Crippen LogP contribution in [-0.4, -0.2) is 0 Å². The van der Waals surface area contributed by atoms with Crippen LogP contribution >= 0.6 is 22.7 Å². The zero-order valence-electron chi connectivity index (χ0n) is 8.97. The molecular formula is C12H14S2. The third kappa shape index (κ3) is 1.53. The summed E-state index contributed by atoms with van der Waals surface area (Å²) in [4.78, 5) is 4.31. The predicted octanol–water partition coefficient (Wildman–Crippen LogP) is 4.71. The molecular weight excluding hydrogens is 208 g/mol. The van der Waals surface area contributed by atoms with Crippen LogP contribution in [0.3, 0.4) is 0 Å². The molecule has 0 unspecified atom stereocenters. The van der Waals surface area contributed by atoms with Crippen molar-refractivity contribution in [3.05, 3.63) is 33.0 Å². The molecule has 74 valence electrons. The van der Waals surface area contributed by atoms with Crippen LogP contribution in [0.5, 0.6) is 0 Å². The monoisotopic (exact) mass is 222 g/mol. The van der Waals surface area contributed by atoms with Gasteiger partial charge in [-0.1, -0.05) is 0 Å². The summed E-state index contributed by atoms with van der Waals surface area (Å²) in [5.74, 6) is 0. The van der Waals surface area contributed by atoms with Gasteiger partial charge in [0.2, 0.25) is 0 Å². The van der Waals surface area contributed by atoms with Crippen LogP contribution in [0.1, 0.15) is 21.6 Å². The summed E-state index contributed by atoms with van der Waals surface area (Å²) in [6, 6.07) is 2.30. The molecule has 2 aromatic heterocycles. The minimum atomic E-state index is 1.41. The molecule has 2 aromatic rings. The Morgan fingerprint density at radius 3 is 2.14 bits per heavy atom. The molecule has 2 heteroatoms. The Labute approximate surface area is 93.2 Å². The molecule has 0 aliphatic rings. The first-order valence-corrected chi connectivity index (χ1v) is 6.41. The lowest BCUT2D eigenvalue weighted by atomic mass is 10.1. The molecule has 0 saturated heterocycles. The van der Waals surface area contributed by atoms with Crippen LogP contribution in [0.15, 0.2) is 11.4 Å². The van der Waals surface area contributed by atoms with E-state index in [0.717, 1.165) is 0 Å². The highest BCUT2D eigenvalue weighted by atomic mass is 32.1. The number of aryl methyl sites for hydroxylation is 3. The maximum Gasteiger partial charge on any atom is 0.0474 e. The highest BCUT2D eigenvalue weighted by molar-refractivity contribution is 7.21. The van der Waals surface area contributed by atoms with E-state index in [-0.39, 0.29) is 0 Å². The summed E-state index contributed by atoms with van der Waals surface area (Å²) in [5.41, 5.74) is 4.26. The summed E-state index contributed by atoms with van der Waals surface area (Å²) in [7, 11) is 0. The topological polar surface area (TPSA) is 0 Å². The third-order valence-corrected chi connectivity index (χ3v) is 5.21. The quantitative estimate of drug-likeness (QED) is 0.655. The summed E-state index contributed by atoms with van der Waals surface area (Å²) in [6.07, 6.45) is 0. The lowest BCUT2D eigenvalue weighted by molar-refractivity contribution is 1.40. The predicted molar refractivity (Wildman–Crippen MR) is 66.6 cm³/mol. The number of thiophene rings is 2. The SMILES string of the molecule is Cc1cc(-c2scc(C)c2C)sc1C. The van der Waals surface area contributed by atoms with Gasteiger partial charge in [-0.3, -0.25) is 0 Å². The molecule has 2 heterocycles. The standard InChI is InChI=1S/C12H14S2/c1-7-5-11(14-10(7)4)12-9(3)8(2)6-13-12/h5-6H,1-4H3. The van der Waals surface area contributed by atoms with Crippen molar-refractivity contribution in [2.45, 2.75) is 27.7 Å². The van der Waals surface area contributed by atoms with Crippen molar-refractivity contribution >= 4 is 22.7 Å². The lowest BCUT2D eigenvalue weighted by Gasteiger charge is -1.94. The van der Waals surface area contributed by atoms with E-state index in [0.29, 0.717) is 0 Å². The molecule has 0 spiro atoms. The van der Waals surface area contributed by atoms with Gasteiger partial charge < -0.3 is 0 Å². The minimum Gasteiger partial charge on any atom is -0.142 e. The van der Waals surface area contributed by atoms with Crippen molar-refractivity contribution in [3.63, 3.8) is 0 Å². The largest absolute Gasteiger partial charge is 0.142 e. The van der Waals surface area contributed by atoms with Gasteiger partial charge in [0.15, 0.2) is 0 Å². The second-order valence-corrected chi connectivity index (χ2v) is 5.86. The summed E-state index contributed by atoms with van der Waals surface area (Å²) in [5, 5.41) is 2.25. The van der Waals surface area contributed by atoms with Crippen LogP contribution in [0.2, 0.25) is 0 Å². The summed E-state index contributed by atoms with van der Waals surface area (Å²) in [6.45, 7) is 8.78. The molecule has 0 saturated carbocycles. The van der Waals surface area contributed by atoms with E-state index < -0.39 is 0 Å². The molecule has 14 heavy (non-hydrogen) atoms. The second-order valence-electron chi connectivity index (χ2n) is 3.72. The molecule has 2 rings (SSSR count). The Bertz CT molecular complexity index is 441. The Kier molecular flexibility index (Phi) is 2.50. The molecule has 0 aliphatic heterocycles. The molecule has 0 aromatic carbocycles. The number of hydrogen-bond donors (Lipinski definition) is 0. The van der Waals surface area contributed by atoms with Crippen LogP contribution in [0.4, 0.5) is 0 Å². The van der Waals surface area contributed by atoms with Gasteiger partial charge in [-0.2, -0.15) is 0 Å². The smallest absolute Gasteiger partial charge is 0.0474 e. The van der Waals surface area contributed by atoms with Crippen LogP contribution in [0.25, 0.3) is 9.75 Å². The van der Waals surface area contributed by atoms with Gasteiger partial charge in [0.25, 0.3) is 0 Å². The van der Waals surface area contributed by atoms with Gasteiger partial charge in [-0.25, -0.2) is 0 Å². The fourth-order valence-electron chi connectivity index (χ4n) is 1.43. The Morgan fingerprint density at radius 1 is 1.00 bits per heavy atom. The van der Waals surface area contributed by atoms with Gasteiger partial charge in [0, 0.05) is 14.6 Å². The maximum atomic E-state index is 2.30. The average Bonchev–Trinajstić information content (AvgIpc) is 2.61. The summed E-state index contributed by atoms with van der Waals surface area (Å²) < 4.78 is 0. The van der Waals surface area contributed by atoms with Gasteiger partial charge in [-0.15, -0.1) is 22.7 Å². The van der Waals surface area contributed by atoms with E-state index in [1.807, 2.05) is 22.7 Å². The molecule has 0 N–H and O–H groups in total. The number of hydrogen-bond acceptors (Lipinski definition) is 2. The Hall–Kier alpha value is -0.600. The van der Waals surface area contributed by atoms with Crippen LogP contribution in [-0.2, 0) is 0 Å². The van der Waals surface area contributed by atoms with E-state index in [2.05, 4.69) is 39.1 Å². The molecule has 0 radical (unpaired) electrons. The van der Waals surface area contributed by atoms with Crippen molar-refractivity contribution in [2.24, 2.45) is 0 Å². The zero-order valence-corrected chi connectivity index (χ0v) is 10.6. The first-order chi connectivity index (χ1) is 6.59. The fraction of sp³-hybridized carbons (Fsp3) is 0.333. The first kappa shape index (κ1) is 9.94. The van der Waals surface area contributed by atoms with E-state index in [4.69, 9.17) is 0 Å². The van der Waals surface area contributed by atoms with Gasteiger partial charge in [0.1, 0.15) is 0 Å². The molecule has 0 bridgehead atoms. The fourth-order valence-corrected chi connectivity index (χ4v) is 3.72. The second kappa shape index (κ2) is 3.52. The van der Waals surface area contributed by atoms with Crippen LogP contribution in [0, 0.1) is 27.7 Å². The van der Waals surface area contributed by atoms with Crippen molar-refractivity contribution < 1.29 is 0 Å².